The monoisotopic (exact) mass is 358 g/mol. The fraction of sp³-hybridized carbons (Fsp3) is 0.263. The van der Waals surface area contributed by atoms with E-state index in [1.165, 1.54) is 29.2 Å². The molecule has 0 saturated heterocycles. The first-order chi connectivity index (χ1) is 12.5. The maximum Gasteiger partial charge on any atom is 0.255 e. The maximum atomic E-state index is 12.9. The number of carbonyl (C=O) groups excluding carboxylic acids is 2. The molecule has 0 radical (unpaired) electrons. The van der Waals surface area contributed by atoms with Crippen LogP contribution in [0.2, 0.25) is 0 Å². The summed E-state index contributed by atoms with van der Waals surface area (Å²) in [6, 6.07) is 13.0. The molecule has 0 unspecified atom stereocenters. The molecule has 3 rings (SSSR count). The van der Waals surface area contributed by atoms with Crippen molar-refractivity contribution in [2.45, 2.75) is 31.8 Å². The predicted molar refractivity (Wildman–Crippen MR) is 91.0 cm³/mol. The zero-order valence-corrected chi connectivity index (χ0v) is 13.9. The summed E-state index contributed by atoms with van der Waals surface area (Å²) in [5, 5.41) is 22.5. The Morgan fingerprint density at radius 3 is 2.15 bits per heavy atom. The third kappa shape index (κ3) is 3.89. The molecule has 26 heavy (non-hydrogen) atoms. The Balaban J connectivity index is 1.55. The van der Waals surface area contributed by atoms with Crippen LogP contribution in [0.15, 0.2) is 48.5 Å². The van der Waals surface area contributed by atoms with Gasteiger partial charge in [0.1, 0.15) is 5.82 Å². The van der Waals surface area contributed by atoms with Crippen LogP contribution in [-0.4, -0.2) is 39.1 Å². The first-order valence-electron chi connectivity index (χ1n) is 8.19. The van der Waals surface area contributed by atoms with Crippen LogP contribution in [0.1, 0.15) is 16.7 Å². The molecule has 2 aromatic rings. The second-order valence-corrected chi connectivity index (χ2v) is 6.20. The summed E-state index contributed by atoms with van der Waals surface area (Å²) in [5.74, 6) is -1.97. The molecule has 3 N–H and O–H groups in total. The molecule has 6 nitrogen and oxygen atoms in total. The molecule has 0 saturated carbocycles. The average Bonchev–Trinajstić information content (AvgIpc) is 3.09. The van der Waals surface area contributed by atoms with Crippen molar-refractivity contribution >= 4 is 11.8 Å². The van der Waals surface area contributed by atoms with Gasteiger partial charge in [0.2, 0.25) is 0 Å². The number of amides is 2. The number of aliphatic hydroxyl groups is 2. The highest BCUT2D eigenvalue weighted by molar-refractivity contribution is 5.90. The van der Waals surface area contributed by atoms with Crippen LogP contribution >= 0.6 is 0 Å². The van der Waals surface area contributed by atoms with Crippen molar-refractivity contribution < 1.29 is 24.2 Å². The molecule has 0 bridgehead atoms. The Hall–Kier alpha value is -2.77. The van der Waals surface area contributed by atoms with Crippen LogP contribution in [0.4, 0.5) is 4.39 Å². The summed E-state index contributed by atoms with van der Waals surface area (Å²) >= 11 is 0. The predicted octanol–water partition coefficient (Wildman–Crippen LogP) is 0.706. The lowest BCUT2D eigenvalue weighted by Crippen LogP contribution is -2.49. The molecule has 2 amide bonds. The summed E-state index contributed by atoms with van der Waals surface area (Å²) in [4.78, 5) is 25.8. The van der Waals surface area contributed by atoms with Crippen molar-refractivity contribution in [2.24, 2.45) is 0 Å². The van der Waals surface area contributed by atoms with Crippen LogP contribution in [0.5, 0.6) is 0 Å². The molecule has 2 aromatic carbocycles. The number of aliphatic hydroxyl groups excluding tert-OH is 2. The summed E-state index contributed by atoms with van der Waals surface area (Å²) in [6.07, 6.45) is -3.73. The topological polar surface area (TPSA) is 89.9 Å². The highest BCUT2D eigenvalue weighted by Crippen LogP contribution is 2.23. The van der Waals surface area contributed by atoms with Crippen molar-refractivity contribution in [1.29, 1.82) is 0 Å². The molecular formula is C19H19FN2O4. The second kappa shape index (κ2) is 7.63. The largest absolute Gasteiger partial charge is 0.380 e. The molecule has 0 spiro atoms. The van der Waals surface area contributed by atoms with Crippen molar-refractivity contribution in [3.8, 4) is 0 Å². The van der Waals surface area contributed by atoms with Gasteiger partial charge < -0.3 is 20.4 Å². The summed E-state index contributed by atoms with van der Waals surface area (Å²) in [6.45, 7) is 0.707. The molecule has 2 atom stereocenters. The number of benzene rings is 2. The van der Waals surface area contributed by atoms with E-state index in [-0.39, 0.29) is 6.54 Å². The number of carbonyl (C=O) groups is 2. The van der Waals surface area contributed by atoms with Gasteiger partial charge in [-0.15, -0.1) is 0 Å². The van der Waals surface area contributed by atoms with Gasteiger partial charge in [-0.25, -0.2) is 4.39 Å². The zero-order chi connectivity index (χ0) is 18.7. The molecule has 0 aromatic heterocycles. The van der Waals surface area contributed by atoms with Crippen molar-refractivity contribution in [3.05, 3.63) is 71.0 Å². The lowest BCUT2D eigenvalue weighted by Gasteiger charge is -2.22. The smallest absolute Gasteiger partial charge is 0.255 e. The first-order valence-corrected chi connectivity index (χ1v) is 8.19. The van der Waals surface area contributed by atoms with Gasteiger partial charge in [-0.3, -0.25) is 9.59 Å². The van der Waals surface area contributed by atoms with Crippen LogP contribution in [-0.2, 0) is 29.2 Å². The molecule has 1 heterocycles. The number of nitrogens with zero attached hydrogens (tertiary/aromatic N) is 1. The maximum absolute atomic E-state index is 12.9. The number of fused-ring (bicyclic) bond motifs is 1. The highest BCUT2D eigenvalue weighted by atomic mass is 19.1. The van der Waals surface area contributed by atoms with E-state index in [0.717, 1.165) is 11.1 Å². The first kappa shape index (κ1) is 18.0. The summed E-state index contributed by atoms with van der Waals surface area (Å²) in [5.41, 5.74) is 2.58. The van der Waals surface area contributed by atoms with Crippen LogP contribution in [0, 0.1) is 5.82 Å². The van der Waals surface area contributed by atoms with Gasteiger partial charge in [-0.1, -0.05) is 36.4 Å². The Bertz CT molecular complexity index is 784. The van der Waals surface area contributed by atoms with Crippen molar-refractivity contribution in [2.75, 3.05) is 0 Å². The number of rotatable bonds is 5. The van der Waals surface area contributed by atoms with E-state index < -0.39 is 29.8 Å². The van der Waals surface area contributed by atoms with E-state index in [0.29, 0.717) is 18.7 Å². The van der Waals surface area contributed by atoms with Crippen LogP contribution < -0.4 is 5.32 Å². The molecule has 1 aliphatic heterocycles. The number of halogens is 1. The van der Waals surface area contributed by atoms with Crippen molar-refractivity contribution in [1.82, 2.24) is 10.2 Å². The van der Waals surface area contributed by atoms with Gasteiger partial charge in [-0.05, 0) is 28.8 Å². The van der Waals surface area contributed by atoms with E-state index in [9.17, 15) is 24.2 Å². The fourth-order valence-electron chi connectivity index (χ4n) is 2.85. The van der Waals surface area contributed by atoms with Gasteiger partial charge in [-0.2, -0.15) is 0 Å². The molecular weight excluding hydrogens is 339 g/mol. The number of nitrogens with one attached hydrogen (secondary N) is 1. The van der Waals surface area contributed by atoms with E-state index in [2.05, 4.69) is 5.32 Å². The molecule has 7 heteroatoms. The molecule has 1 aliphatic rings. The zero-order valence-electron chi connectivity index (χ0n) is 13.9. The Morgan fingerprint density at radius 2 is 1.58 bits per heavy atom. The Labute approximate surface area is 149 Å². The normalized spacial score (nSPS) is 15.3. The Morgan fingerprint density at radius 1 is 1.00 bits per heavy atom. The fourth-order valence-corrected chi connectivity index (χ4v) is 2.85. The molecule has 0 aliphatic carbocycles. The van der Waals surface area contributed by atoms with Gasteiger partial charge in [0.05, 0.1) is 0 Å². The molecule has 136 valence electrons. The lowest BCUT2D eigenvalue weighted by atomic mass is 10.1. The van der Waals surface area contributed by atoms with Gasteiger partial charge in [0.15, 0.2) is 12.2 Å². The van der Waals surface area contributed by atoms with E-state index in [1.807, 2.05) is 24.3 Å². The van der Waals surface area contributed by atoms with Gasteiger partial charge >= 0.3 is 0 Å². The number of hydrogen-bond donors (Lipinski definition) is 3. The van der Waals surface area contributed by atoms with Crippen LogP contribution in [0.25, 0.3) is 0 Å². The second-order valence-electron chi connectivity index (χ2n) is 6.20. The summed E-state index contributed by atoms with van der Waals surface area (Å²) in [7, 11) is 0. The highest BCUT2D eigenvalue weighted by Gasteiger charge is 2.35. The van der Waals surface area contributed by atoms with E-state index in [1.54, 1.807) is 0 Å². The third-order valence-electron chi connectivity index (χ3n) is 4.35. The average molecular weight is 358 g/mol. The SMILES string of the molecule is O=C(NCc1ccc(F)cc1)[C@H](O)[C@@H](O)C(=O)N1Cc2ccccc2C1. The van der Waals surface area contributed by atoms with Gasteiger partial charge in [0, 0.05) is 19.6 Å². The van der Waals surface area contributed by atoms with Crippen molar-refractivity contribution in [3.63, 3.8) is 0 Å². The third-order valence-corrected chi connectivity index (χ3v) is 4.35. The molecule has 0 fully saturated rings. The lowest BCUT2D eigenvalue weighted by molar-refractivity contribution is -0.153. The Kier molecular flexibility index (Phi) is 5.29. The van der Waals surface area contributed by atoms with E-state index in [4.69, 9.17) is 0 Å². The minimum absolute atomic E-state index is 0.0479. The summed E-state index contributed by atoms with van der Waals surface area (Å²) < 4.78 is 12.9. The minimum atomic E-state index is -1.88. The quantitative estimate of drug-likeness (QED) is 0.734. The van der Waals surface area contributed by atoms with E-state index >= 15 is 0 Å². The standard InChI is InChI=1S/C19H19FN2O4/c20-15-7-5-12(6-8-15)9-21-18(25)16(23)17(24)19(26)22-10-13-3-1-2-4-14(13)11-22/h1-8,16-17,23-24H,9-11H2,(H,21,25)/t16-,17-/m1/s1. The number of hydrogen-bond acceptors (Lipinski definition) is 4. The minimum Gasteiger partial charge on any atom is -0.380 e. The van der Waals surface area contributed by atoms with Crippen LogP contribution in [0.3, 0.4) is 0 Å². The van der Waals surface area contributed by atoms with Gasteiger partial charge in [0.25, 0.3) is 11.8 Å².